The Balaban J connectivity index is 1.14. The van der Waals surface area contributed by atoms with Crippen molar-refractivity contribution in [2.45, 2.75) is 154 Å². The fourth-order valence-electron chi connectivity index (χ4n) is 10.5. The van der Waals surface area contributed by atoms with Crippen LogP contribution in [0.25, 0.3) is 10.9 Å². The number of ether oxygens (including phenoxy) is 3. The molecule has 372 valence electrons. The van der Waals surface area contributed by atoms with Crippen LogP contribution in [-0.2, 0) is 45.2 Å². The van der Waals surface area contributed by atoms with Crippen LogP contribution in [0, 0.1) is 28.6 Å². The number of amides is 3. The Morgan fingerprint density at radius 1 is 1.07 bits per heavy atom. The molecule has 3 saturated carbocycles. The van der Waals surface area contributed by atoms with Gasteiger partial charge in [-0.05, 0) is 99.2 Å². The fraction of sp³-hybridized carbons (Fsp3) is 0.692. The van der Waals surface area contributed by atoms with E-state index in [9.17, 15) is 27.6 Å². The Morgan fingerprint density at radius 2 is 1.84 bits per heavy atom. The van der Waals surface area contributed by atoms with Gasteiger partial charge >= 0.3 is 5.97 Å². The number of ketones is 1. The molecule has 2 saturated heterocycles. The van der Waals surface area contributed by atoms with E-state index in [0.717, 1.165) is 55.2 Å². The van der Waals surface area contributed by atoms with Crippen molar-refractivity contribution in [3.63, 3.8) is 0 Å². The van der Waals surface area contributed by atoms with Crippen LogP contribution in [0.3, 0.4) is 0 Å². The van der Waals surface area contributed by atoms with E-state index in [-0.39, 0.29) is 67.8 Å². The molecule has 7 atom stereocenters. The largest absolute Gasteiger partial charge is 0.492 e. The zero-order valence-electron chi connectivity index (χ0n) is 41.3. The lowest BCUT2D eigenvalue weighted by Gasteiger charge is -2.34. The van der Waals surface area contributed by atoms with Crippen LogP contribution in [0.5, 0.6) is 11.6 Å². The standard InChI is InChI=1S/C52H73N5O10S/c1-9-35-28-52(35,49(62)54-68(63,64)51(7)18-19-51)29-42(58)41-26-36-30-57(41)48(61)39(50(4,5)6)27-45(60)67-43-25-34(43)14-11-10-12-15-38-46(65-23-13-20-56-22-21-55(8)44(59)31-56)37-17-16-33(32(2)3)24-40(37)53-47(38)66-36/h9,16-17,24,32,34-36,39,41,43H,1,10-15,18-23,25-31H2,2-8H3,(H,54,62)/t34-,35-,36-,39-,41+,43-,52-/m1/s1. The van der Waals surface area contributed by atoms with Crippen molar-refractivity contribution in [2.24, 2.45) is 28.6 Å². The maximum atomic E-state index is 15.1. The van der Waals surface area contributed by atoms with E-state index in [2.05, 4.69) is 48.2 Å². The summed E-state index contributed by atoms with van der Waals surface area (Å²) >= 11 is 0. The molecule has 1 N–H and O–H groups in total. The Bertz CT molecular complexity index is 2430. The van der Waals surface area contributed by atoms with Crippen molar-refractivity contribution in [1.29, 1.82) is 0 Å². The van der Waals surface area contributed by atoms with Crippen LogP contribution in [0.4, 0.5) is 0 Å². The van der Waals surface area contributed by atoms with Gasteiger partial charge < -0.3 is 24.0 Å². The predicted molar refractivity (Wildman–Crippen MR) is 257 cm³/mol. The highest BCUT2D eigenvalue weighted by Crippen LogP contribution is 2.57. The van der Waals surface area contributed by atoms with E-state index < -0.39 is 61.5 Å². The van der Waals surface area contributed by atoms with Gasteiger partial charge in [-0.2, -0.15) is 0 Å². The number of hydrogen-bond donors (Lipinski definition) is 1. The van der Waals surface area contributed by atoms with Gasteiger partial charge in [0.25, 0.3) is 0 Å². The maximum Gasteiger partial charge on any atom is 0.306 e. The topological polar surface area (TPSA) is 182 Å². The Kier molecular flexibility index (Phi) is 14.2. The highest BCUT2D eigenvalue weighted by molar-refractivity contribution is 7.91. The molecule has 16 heteroatoms. The van der Waals surface area contributed by atoms with Gasteiger partial charge in [0, 0.05) is 44.9 Å². The second-order valence-electron chi connectivity index (χ2n) is 22.4. The van der Waals surface area contributed by atoms with Crippen LogP contribution in [0.2, 0.25) is 0 Å². The van der Waals surface area contributed by atoms with Gasteiger partial charge in [-0.3, -0.25) is 33.6 Å². The Hall–Kier alpha value is -4.57. The summed E-state index contributed by atoms with van der Waals surface area (Å²) in [6.07, 6.45) is 7.17. The van der Waals surface area contributed by atoms with Crippen LogP contribution >= 0.6 is 0 Å². The molecule has 1 aromatic carbocycles. The summed E-state index contributed by atoms with van der Waals surface area (Å²) in [5.41, 5.74) is 0.585. The molecule has 0 unspecified atom stereocenters. The number of sulfonamides is 1. The summed E-state index contributed by atoms with van der Waals surface area (Å²) in [4.78, 5) is 80.7. The number of pyridine rings is 1. The number of nitrogens with zero attached hydrogens (tertiary/aromatic N) is 4. The molecular formula is C52H73N5O10S. The number of esters is 1. The monoisotopic (exact) mass is 960 g/mol. The first-order valence-corrected chi connectivity index (χ1v) is 26.6. The molecule has 6 aliphatic rings. The normalized spacial score (nSPS) is 29.0. The van der Waals surface area contributed by atoms with E-state index in [4.69, 9.17) is 19.2 Å². The number of carbonyl (C=O) groups excluding carboxylic acids is 5. The number of Topliss-reactive ketones (excluding diaryl/α,β-unsaturated/α-hetero) is 1. The third kappa shape index (κ3) is 10.6. The SMILES string of the molecule is C=C[C@@H]1C[C@]1(CC(=O)[C@@H]1C[C@@H]2CN1C(=O)[C@H](C(C)(C)C)CC(=O)O[C@@H]1C[C@H]1CCCCCc1c(nc3cc(C(C)C)ccc3c1OCCCN1CCN(C)C(=O)C1)O2)C(=O)NS(=O)(=O)C1(C)CC1. The average Bonchev–Trinajstić information content (AvgIpc) is 4.24. The lowest BCUT2D eigenvalue weighted by Crippen LogP contribution is -2.49. The summed E-state index contributed by atoms with van der Waals surface area (Å²) in [6.45, 7) is 18.4. The number of allylic oxidation sites excluding steroid dienone is 1. The maximum absolute atomic E-state index is 15.1. The van der Waals surface area contributed by atoms with Crippen molar-refractivity contribution in [3.05, 3.63) is 42.0 Å². The van der Waals surface area contributed by atoms with Crippen LogP contribution in [0.15, 0.2) is 30.9 Å². The summed E-state index contributed by atoms with van der Waals surface area (Å²) in [5, 5.41) is 0.864. The fourth-order valence-corrected chi connectivity index (χ4v) is 11.8. The summed E-state index contributed by atoms with van der Waals surface area (Å²) in [6, 6.07) is 5.21. The minimum Gasteiger partial charge on any atom is -0.492 e. The minimum absolute atomic E-state index is 0.0174. The zero-order valence-corrected chi connectivity index (χ0v) is 42.1. The number of carbonyl (C=O) groups is 5. The molecule has 3 amide bonds. The van der Waals surface area contributed by atoms with E-state index in [1.807, 2.05) is 27.8 Å². The zero-order chi connectivity index (χ0) is 48.9. The predicted octanol–water partition coefficient (Wildman–Crippen LogP) is 6.50. The van der Waals surface area contributed by atoms with Gasteiger partial charge in [0.2, 0.25) is 33.6 Å². The van der Waals surface area contributed by atoms with Crippen molar-refractivity contribution in [1.82, 2.24) is 24.4 Å². The number of rotatable bonds is 13. The second-order valence-corrected chi connectivity index (χ2v) is 24.6. The number of piperazine rings is 1. The summed E-state index contributed by atoms with van der Waals surface area (Å²) in [5.74, 6) is -1.54. The van der Waals surface area contributed by atoms with Crippen LogP contribution in [0.1, 0.15) is 136 Å². The van der Waals surface area contributed by atoms with Gasteiger partial charge in [0.15, 0.2) is 5.78 Å². The molecular weight excluding hydrogens is 887 g/mol. The molecule has 4 heterocycles. The molecule has 15 nitrogen and oxygen atoms in total. The molecule has 2 aromatic rings. The lowest BCUT2D eigenvalue weighted by atomic mass is 9.77. The number of nitrogens with one attached hydrogen (secondary N) is 1. The highest BCUT2D eigenvalue weighted by atomic mass is 32.2. The molecule has 68 heavy (non-hydrogen) atoms. The van der Waals surface area contributed by atoms with E-state index in [1.54, 1.807) is 17.9 Å². The number of fused-ring (bicyclic) bond motifs is 5. The quantitative estimate of drug-likeness (QED) is 0.131. The summed E-state index contributed by atoms with van der Waals surface area (Å²) in [7, 11) is -2.16. The number of aromatic nitrogens is 1. The van der Waals surface area contributed by atoms with Gasteiger partial charge in [0.1, 0.15) is 18.0 Å². The van der Waals surface area contributed by atoms with E-state index in [0.29, 0.717) is 69.1 Å². The van der Waals surface area contributed by atoms with Gasteiger partial charge in [-0.25, -0.2) is 13.4 Å². The smallest absolute Gasteiger partial charge is 0.306 e. The first-order valence-electron chi connectivity index (χ1n) is 25.1. The molecule has 8 rings (SSSR count). The molecule has 5 fully saturated rings. The minimum atomic E-state index is -3.99. The Morgan fingerprint density at radius 3 is 2.51 bits per heavy atom. The number of benzene rings is 1. The number of likely N-dealkylation sites (N-methyl/N-ethyl adjacent to an activating group) is 1. The second kappa shape index (κ2) is 19.3. The molecule has 3 aliphatic carbocycles. The molecule has 2 bridgehead atoms. The lowest BCUT2D eigenvalue weighted by molar-refractivity contribution is -0.154. The van der Waals surface area contributed by atoms with Crippen molar-refractivity contribution < 1.29 is 46.6 Å². The Labute approximate surface area is 402 Å². The van der Waals surface area contributed by atoms with E-state index in [1.165, 1.54) is 4.90 Å². The molecule has 0 spiro atoms. The average molecular weight is 960 g/mol. The molecule has 3 aliphatic heterocycles. The highest BCUT2D eigenvalue weighted by Gasteiger charge is 2.62. The van der Waals surface area contributed by atoms with Crippen molar-refractivity contribution in [3.8, 4) is 11.6 Å². The first-order chi connectivity index (χ1) is 32.1. The van der Waals surface area contributed by atoms with Gasteiger partial charge in [-0.1, -0.05) is 59.6 Å². The first kappa shape index (κ1) is 49.8. The van der Waals surface area contributed by atoms with Crippen LogP contribution < -0.4 is 14.2 Å². The van der Waals surface area contributed by atoms with Crippen LogP contribution in [-0.4, -0.2) is 127 Å². The molecule has 1 aromatic heterocycles. The van der Waals surface area contributed by atoms with E-state index >= 15 is 4.79 Å². The van der Waals surface area contributed by atoms with Crippen molar-refractivity contribution >= 4 is 50.4 Å². The third-order valence-corrected chi connectivity index (χ3v) is 18.0. The van der Waals surface area contributed by atoms with Gasteiger partial charge in [0.05, 0.1) is 59.3 Å². The van der Waals surface area contributed by atoms with Crippen molar-refractivity contribution in [2.75, 3.05) is 46.4 Å². The number of hydrogen-bond acceptors (Lipinski definition) is 12. The molecule has 0 radical (unpaired) electrons. The summed E-state index contributed by atoms with van der Waals surface area (Å²) < 4.78 is 47.6. The van der Waals surface area contributed by atoms with Gasteiger partial charge in [-0.15, -0.1) is 6.58 Å². The third-order valence-electron chi connectivity index (χ3n) is 15.8.